The molecule has 0 aliphatic heterocycles. The standard InChI is InChI=1S/C14H18N2O2S/c1-9-4-3-5-11(9)14-15-12-7-6-10(19(2,17)18)8-13(12)16-14/h6-9,11H,3-5H2,1-2H3,(H,15,16). The lowest BCUT2D eigenvalue weighted by molar-refractivity contribution is 0.514. The summed E-state index contributed by atoms with van der Waals surface area (Å²) in [6, 6.07) is 5.09. The Bertz CT molecular complexity index is 718. The van der Waals surface area contributed by atoms with E-state index in [4.69, 9.17) is 0 Å². The summed E-state index contributed by atoms with van der Waals surface area (Å²) in [7, 11) is -3.16. The molecule has 1 aromatic heterocycles. The van der Waals surface area contributed by atoms with Gasteiger partial charge in [-0.3, -0.25) is 0 Å². The fourth-order valence-electron chi connectivity index (χ4n) is 2.97. The Labute approximate surface area is 113 Å². The van der Waals surface area contributed by atoms with Crippen LogP contribution in [0.25, 0.3) is 11.0 Å². The van der Waals surface area contributed by atoms with E-state index in [-0.39, 0.29) is 0 Å². The van der Waals surface area contributed by atoms with Gasteiger partial charge in [-0.25, -0.2) is 13.4 Å². The second-order valence-corrected chi connectivity index (χ2v) is 7.60. The molecule has 1 saturated carbocycles. The zero-order valence-electron chi connectivity index (χ0n) is 11.2. The number of nitrogens with one attached hydrogen (secondary N) is 1. The average Bonchev–Trinajstić information content (AvgIpc) is 2.91. The van der Waals surface area contributed by atoms with Crippen molar-refractivity contribution in [2.45, 2.75) is 37.0 Å². The van der Waals surface area contributed by atoms with Gasteiger partial charge in [0, 0.05) is 12.2 Å². The van der Waals surface area contributed by atoms with Crippen LogP contribution in [0.4, 0.5) is 0 Å². The van der Waals surface area contributed by atoms with E-state index in [2.05, 4.69) is 16.9 Å². The van der Waals surface area contributed by atoms with Gasteiger partial charge in [0.15, 0.2) is 9.84 Å². The van der Waals surface area contributed by atoms with Gasteiger partial charge < -0.3 is 4.98 Å². The van der Waals surface area contributed by atoms with Crippen LogP contribution in [-0.4, -0.2) is 24.6 Å². The third-order valence-electron chi connectivity index (χ3n) is 4.11. The maximum Gasteiger partial charge on any atom is 0.175 e. The van der Waals surface area contributed by atoms with Crippen molar-refractivity contribution in [3.8, 4) is 0 Å². The zero-order valence-corrected chi connectivity index (χ0v) is 12.0. The second kappa shape index (κ2) is 4.34. The molecule has 1 aromatic carbocycles. The first-order valence-electron chi connectivity index (χ1n) is 6.65. The lowest BCUT2D eigenvalue weighted by atomic mass is 9.98. The average molecular weight is 278 g/mol. The highest BCUT2D eigenvalue weighted by Crippen LogP contribution is 2.38. The third-order valence-corrected chi connectivity index (χ3v) is 5.22. The molecule has 5 heteroatoms. The fourth-order valence-corrected chi connectivity index (χ4v) is 3.61. The van der Waals surface area contributed by atoms with Gasteiger partial charge in [-0.1, -0.05) is 13.3 Å². The van der Waals surface area contributed by atoms with Gasteiger partial charge in [0.25, 0.3) is 0 Å². The first-order chi connectivity index (χ1) is 8.95. The molecule has 0 amide bonds. The molecule has 4 nitrogen and oxygen atoms in total. The summed E-state index contributed by atoms with van der Waals surface area (Å²) < 4.78 is 23.1. The van der Waals surface area contributed by atoms with Crippen molar-refractivity contribution in [2.24, 2.45) is 5.92 Å². The van der Waals surface area contributed by atoms with E-state index in [1.165, 1.54) is 25.5 Å². The van der Waals surface area contributed by atoms with Crippen LogP contribution in [0.3, 0.4) is 0 Å². The van der Waals surface area contributed by atoms with E-state index in [1.807, 2.05) is 0 Å². The molecule has 102 valence electrons. The van der Waals surface area contributed by atoms with E-state index in [9.17, 15) is 8.42 Å². The minimum Gasteiger partial charge on any atom is -0.342 e. The van der Waals surface area contributed by atoms with Crippen LogP contribution in [0.2, 0.25) is 0 Å². The quantitative estimate of drug-likeness (QED) is 0.918. The summed E-state index contributed by atoms with van der Waals surface area (Å²) in [4.78, 5) is 8.27. The number of benzene rings is 1. The molecule has 0 radical (unpaired) electrons. The Balaban J connectivity index is 2.06. The van der Waals surface area contributed by atoms with Gasteiger partial charge in [-0.05, 0) is 37.0 Å². The minimum absolute atomic E-state index is 0.342. The van der Waals surface area contributed by atoms with Crippen molar-refractivity contribution >= 4 is 20.9 Å². The van der Waals surface area contributed by atoms with E-state index in [1.54, 1.807) is 18.2 Å². The summed E-state index contributed by atoms with van der Waals surface area (Å²) in [5.41, 5.74) is 1.67. The molecular formula is C14H18N2O2S. The second-order valence-electron chi connectivity index (χ2n) is 5.59. The maximum absolute atomic E-state index is 11.6. The van der Waals surface area contributed by atoms with Gasteiger partial charge in [0.2, 0.25) is 0 Å². The van der Waals surface area contributed by atoms with E-state index >= 15 is 0 Å². The van der Waals surface area contributed by atoms with Crippen molar-refractivity contribution in [3.63, 3.8) is 0 Å². The summed E-state index contributed by atoms with van der Waals surface area (Å²) in [5.74, 6) is 2.13. The van der Waals surface area contributed by atoms with Crippen LogP contribution >= 0.6 is 0 Å². The first-order valence-corrected chi connectivity index (χ1v) is 8.54. The number of H-pyrrole nitrogens is 1. The molecule has 2 unspecified atom stereocenters. The Morgan fingerprint density at radius 2 is 2.11 bits per heavy atom. The molecule has 3 rings (SSSR count). The number of aromatic nitrogens is 2. The van der Waals surface area contributed by atoms with E-state index in [0.717, 1.165) is 16.9 Å². The molecule has 19 heavy (non-hydrogen) atoms. The lowest BCUT2D eigenvalue weighted by Crippen LogP contribution is -2.03. The summed E-state index contributed by atoms with van der Waals surface area (Å²) in [6.07, 6.45) is 4.89. The molecule has 1 fully saturated rings. The molecule has 1 heterocycles. The van der Waals surface area contributed by atoms with Crippen molar-refractivity contribution in [1.82, 2.24) is 9.97 Å². The van der Waals surface area contributed by atoms with Gasteiger partial charge in [-0.15, -0.1) is 0 Å². The summed E-state index contributed by atoms with van der Waals surface area (Å²) >= 11 is 0. The molecule has 0 bridgehead atoms. The Morgan fingerprint density at radius 1 is 1.32 bits per heavy atom. The smallest absolute Gasteiger partial charge is 0.175 e. The number of hydrogen-bond donors (Lipinski definition) is 1. The summed E-state index contributed by atoms with van der Waals surface area (Å²) in [6.45, 7) is 2.26. The predicted molar refractivity (Wildman–Crippen MR) is 75.0 cm³/mol. The number of imidazole rings is 1. The predicted octanol–water partition coefficient (Wildman–Crippen LogP) is 2.87. The van der Waals surface area contributed by atoms with Crippen molar-refractivity contribution in [3.05, 3.63) is 24.0 Å². The number of sulfone groups is 1. The van der Waals surface area contributed by atoms with Gasteiger partial charge in [0.1, 0.15) is 5.82 Å². The number of hydrogen-bond acceptors (Lipinski definition) is 3. The topological polar surface area (TPSA) is 62.8 Å². The fraction of sp³-hybridized carbons (Fsp3) is 0.500. The van der Waals surface area contributed by atoms with Crippen LogP contribution < -0.4 is 0 Å². The third kappa shape index (κ3) is 2.27. The van der Waals surface area contributed by atoms with Crippen LogP contribution in [0.5, 0.6) is 0 Å². The molecule has 1 N–H and O–H groups in total. The highest BCUT2D eigenvalue weighted by atomic mass is 32.2. The van der Waals surface area contributed by atoms with Crippen molar-refractivity contribution in [1.29, 1.82) is 0 Å². The van der Waals surface area contributed by atoms with Crippen LogP contribution in [-0.2, 0) is 9.84 Å². The van der Waals surface area contributed by atoms with E-state index in [0.29, 0.717) is 16.7 Å². The zero-order chi connectivity index (χ0) is 13.6. The van der Waals surface area contributed by atoms with Crippen LogP contribution in [0, 0.1) is 5.92 Å². The van der Waals surface area contributed by atoms with Gasteiger partial charge in [0.05, 0.1) is 15.9 Å². The maximum atomic E-state index is 11.6. The molecule has 1 aliphatic rings. The Hall–Kier alpha value is -1.36. The van der Waals surface area contributed by atoms with Gasteiger partial charge >= 0.3 is 0 Å². The first kappa shape index (κ1) is 12.7. The summed E-state index contributed by atoms with van der Waals surface area (Å²) in [5, 5.41) is 0. The minimum atomic E-state index is -3.16. The molecular weight excluding hydrogens is 260 g/mol. The Kier molecular flexibility index (Phi) is 2.89. The largest absolute Gasteiger partial charge is 0.342 e. The SMILES string of the molecule is CC1CCCC1c1nc2ccc(S(C)(=O)=O)cc2[nH]1. The van der Waals surface area contributed by atoms with Gasteiger partial charge in [-0.2, -0.15) is 0 Å². The monoisotopic (exact) mass is 278 g/mol. The molecule has 2 aromatic rings. The Morgan fingerprint density at radius 3 is 2.74 bits per heavy atom. The number of fused-ring (bicyclic) bond motifs is 1. The van der Waals surface area contributed by atoms with Crippen molar-refractivity contribution < 1.29 is 8.42 Å². The molecule has 1 aliphatic carbocycles. The normalized spacial score (nSPS) is 24.1. The molecule has 0 spiro atoms. The number of nitrogens with zero attached hydrogens (tertiary/aromatic N) is 1. The van der Waals surface area contributed by atoms with Crippen molar-refractivity contribution in [2.75, 3.05) is 6.26 Å². The molecule has 0 saturated heterocycles. The number of rotatable bonds is 2. The highest BCUT2D eigenvalue weighted by molar-refractivity contribution is 7.90. The lowest BCUT2D eigenvalue weighted by Gasteiger charge is -2.11. The molecule has 2 atom stereocenters. The highest BCUT2D eigenvalue weighted by Gasteiger charge is 2.27. The number of aromatic amines is 1. The van der Waals surface area contributed by atoms with Crippen LogP contribution in [0.1, 0.15) is 37.9 Å². The van der Waals surface area contributed by atoms with E-state index < -0.39 is 9.84 Å². The van der Waals surface area contributed by atoms with Crippen LogP contribution in [0.15, 0.2) is 23.1 Å².